The van der Waals surface area contributed by atoms with E-state index in [4.69, 9.17) is 4.74 Å². The standard InChI is InChI=1S/C21H34O2/c1-3-5-8-16-20(17-9-6-4-2)23-21(22)18-12-15-19-13-10-7-11-14-19/h7,10-11,13-14,20H,3-6,8-9,12,15-18H2,1-2H3. The zero-order valence-corrected chi connectivity index (χ0v) is 15.1. The van der Waals surface area contributed by atoms with Gasteiger partial charge < -0.3 is 4.74 Å². The van der Waals surface area contributed by atoms with Crippen LogP contribution in [0.15, 0.2) is 30.3 Å². The summed E-state index contributed by atoms with van der Waals surface area (Å²) in [6.07, 6.45) is 11.8. The first-order valence-electron chi connectivity index (χ1n) is 9.49. The van der Waals surface area contributed by atoms with Gasteiger partial charge in [-0.25, -0.2) is 0 Å². The van der Waals surface area contributed by atoms with E-state index in [2.05, 4.69) is 26.0 Å². The van der Waals surface area contributed by atoms with Gasteiger partial charge in [-0.2, -0.15) is 0 Å². The fraction of sp³-hybridized carbons (Fsp3) is 0.667. The molecule has 0 saturated carbocycles. The number of ether oxygens (including phenoxy) is 1. The van der Waals surface area contributed by atoms with Crippen LogP contribution in [0.4, 0.5) is 0 Å². The minimum atomic E-state index is -0.0149. The van der Waals surface area contributed by atoms with Gasteiger partial charge in [0, 0.05) is 6.42 Å². The summed E-state index contributed by atoms with van der Waals surface area (Å²) in [5.41, 5.74) is 1.29. The third-order valence-corrected chi connectivity index (χ3v) is 4.25. The van der Waals surface area contributed by atoms with Crippen molar-refractivity contribution >= 4 is 5.97 Å². The molecular weight excluding hydrogens is 284 g/mol. The molecule has 0 atom stereocenters. The van der Waals surface area contributed by atoms with Gasteiger partial charge >= 0.3 is 5.97 Å². The van der Waals surface area contributed by atoms with E-state index < -0.39 is 0 Å². The summed E-state index contributed by atoms with van der Waals surface area (Å²) < 4.78 is 5.74. The van der Waals surface area contributed by atoms with Gasteiger partial charge in [0.1, 0.15) is 6.10 Å². The summed E-state index contributed by atoms with van der Waals surface area (Å²) in [5, 5.41) is 0. The lowest BCUT2D eigenvalue weighted by Gasteiger charge is -2.18. The Balaban J connectivity index is 2.26. The van der Waals surface area contributed by atoms with Gasteiger partial charge in [0.25, 0.3) is 0 Å². The largest absolute Gasteiger partial charge is 0.462 e. The Bertz CT molecular complexity index is 390. The number of unbranched alkanes of at least 4 members (excludes halogenated alkanes) is 4. The summed E-state index contributed by atoms with van der Waals surface area (Å²) in [7, 11) is 0. The van der Waals surface area contributed by atoms with Gasteiger partial charge in [-0.3, -0.25) is 4.79 Å². The summed E-state index contributed by atoms with van der Waals surface area (Å²) in [6, 6.07) is 10.3. The van der Waals surface area contributed by atoms with Crippen LogP contribution in [0.25, 0.3) is 0 Å². The summed E-state index contributed by atoms with van der Waals surface area (Å²) in [6.45, 7) is 4.42. The topological polar surface area (TPSA) is 26.3 Å². The molecule has 0 bridgehead atoms. The van der Waals surface area contributed by atoms with Gasteiger partial charge in [0.15, 0.2) is 0 Å². The van der Waals surface area contributed by atoms with Crippen LogP contribution in [0.3, 0.4) is 0 Å². The van der Waals surface area contributed by atoms with Gasteiger partial charge in [0.05, 0.1) is 0 Å². The number of rotatable bonds is 13. The van der Waals surface area contributed by atoms with Gasteiger partial charge in [0.2, 0.25) is 0 Å². The molecule has 1 aromatic rings. The maximum absolute atomic E-state index is 12.1. The smallest absolute Gasteiger partial charge is 0.306 e. The lowest BCUT2D eigenvalue weighted by atomic mass is 10.0. The molecule has 0 aliphatic rings. The van der Waals surface area contributed by atoms with Gasteiger partial charge in [-0.1, -0.05) is 69.9 Å². The zero-order valence-electron chi connectivity index (χ0n) is 15.1. The molecule has 2 heteroatoms. The Kier molecular flexibility index (Phi) is 11.3. The van der Waals surface area contributed by atoms with Crippen molar-refractivity contribution in [2.45, 2.75) is 90.6 Å². The molecule has 0 heterocycles. The van der Waals surface area contributed by atoms with Crippen LogP contribution in [0.1, 0.15) is 83.6 Å². The molecule has 0 spiro atoms. The number of hydrogen-bond acceptors (Lipinski definition) is 2. The Hall–Kier alpha value is -1.31. The third kappa shape index (κ3) is 10.1. The summed E-state index contributed by atoms with van der Waals surface area (Å²) in [5.74, 6) is -0.0149. The predicted molar refractivity (Wildman–Crippen MR) is 97.5 cm³/mol. The van der Waals surface area contributed by atoms with Crippen LogP contribution in [-0.2, 0) is 16.0 Å². The Morgan fingerprint density at radius 1 is 0.913 bits per heavy atom. The normalized spacial score (nSPS) is 10.9. The van der Waals surface area contributed by atoms with E-state index >= 15 is 0 Å². The maximum atomic E-state index is 12.1. The SMILES string of the molecule is CCCCCC(CCCCC)OC(=O)CCCc1ccccc1. The highest BCUT2D eigenvalue weighted by Crippen LogP contribution is 2.16. The van der Waals surface area contributed by atoms with Crippen molar-refractivity contribution in [3.05, 3.63) is 35.9 Å². The Labute approximate surface area is 142 Å². The van der Waals surface area contributed by atoms with Crippen molar-refractivity contribution in [1.82, 2.24) is 0 Å². The average Bonchev–Trinajstić information content (AvgIpc) is 2.56. The van der Waals surface area contributed by atoms with Crippen molar-refractivity contribution in [3.8, 4) is 0 Å². The molecule has 0 amide bonds. The van der Waals surface area contributed by atoms with Gasteiger partial charge in [-0.05, 0) is 44.1 Å². The van der Waals surface area contributed by atoms with Crippen LogP contribution in [0.2, 0.25) is 0 Å². The van der Waals surface area contributed by atoms with Gasteiger partial charge in [-0.15, -0.1) is 0 Å². The number of carbonyl (C=O) groups excluding carboxylic acids is 1. The van der Waals surface area contributed by atoms with E-state index in [1.165, 1.54) is 44.1 Å². The van der Waals surface area contributed by atoms with Crippen molar-refractivity contribution in [3.63, 3.8) is 0 Å². The Morgan fingerprint density at radius 3 is 2.09 bits per heavy atom. The number of esters is 1. The minimum Gasteiger partial charge on any atom is -0.462 e. The number of carbonyl (C=O) groups is 1. The minimum absolute atomic E-state index is 0.0149. The molecule has 0 aromatic heterocycles. The van der Waals surface area contributed by atoms with E-state index in [0.29, 0.717) is 6.42 Å². The lowest BCUT2D eigenvalue weighted by molar-refractivity contribution is -0.150. The van der Waals surface area contributed by atoms with E-state index in [-0.39, 0.29) is 12.1 Å². The molecule has 0 aliphatic heterocycles. The van der Waals surface area contributed by atoms with Crippen LogP contribution >= 0.6 is 0 Å². The van der Waals surface area contributed by atoms with Crippen molar-refractivity contribution in [1.29, 1.82) is 0 Å². The molecule has 0 aliphatic carbocycles. The first kappa shape index (κ1) is 19.7. The average molecular weight is 319 g/mol. The highest BCUT2D eigenvalue weighted by atomic mass is 16.5. The van der Waals surface area contributed by atoms with Crippen LogP contribution in [0.5, 0.6) is 0 Å². The quantitative estimate of drug-likeness (QED) is 0.325. The second-order valence-electron chi connectivity index (χ2n) is 6.44. The first-order valence-corrected chi connectivity index (χ1v) is 9.49. The molecule has 0 radical (unpaired) electrons. The van der Waals surface area contributed by atoms with Crippen molar-refractivity contribution in [2.75, 3.05) is 0 Å². The molecule has 2 nitrogen and oxygen atoms in total. The maximum Gasteiger partial charge on any atom is 0.306 e. The summed E-state index contributed by atoms with van der Waals surface area (Å²) >= 11 is 0. The molecule has 23 heavy (non-hydrogen) atoms. The molecule has 1 rings (SSSR count). The number of aryl methyl sites for hydroxylation is 1. The van der Waals surface area contributed by atoms with Crippen molar-refractivity contribution in [2.24, 2.45) is 0 Å². The third-order valence-electron chi connectivity index (χ3n) is 4.25. The zero-order chi connectivity index (χ0) is 16.8. The Morgan fingerprint density at radius 2 is 1.52 bits per heavy atom. The second-order valence-corrected chi connectivity index (χ2v) is 6.44. The molecule has 0 unspecified atom stereocenters. The monoisotopic (exact) mass is 318 g/mol. The van der Waals surface area contributed by atoms with Crippen molar-refractivity contribution < 1.29 is 9.53 Å². The molecular formula is C21H34O2. The summed E-state index contributed by atoms with van der Waals surface area (Å²) in [4.78, 5) is 12.1. The number of benzene rings is 1. The van der Waals surface area contributed by atoms with Crippen LogP contribution in [0, 0.1) is 0 Å². The van der Waals surface area contributed by atoms with E-state index in [9.17, 15) is 4.79 Å². The molecule has 1 aromatic carbocycles. The second kappa shape index (κ2) is 13.2. The predicted octanol–water partition coefficient (Wildman–Crippen LogP) is 6.08. The molecule has 130 valence electrons. The van der Waals surface area contributed by atoms with E-state index in [1.54, 1.807) is 0 Å². The molecule has 0 fully saturated rings. The molecule has 0 N–H and O–H groups in total. The first-order chi connectivity index (χ1) is 11.3. The fourth-order valence-corrected chi connectivity index (χ4v) is 2.83. The highest BCUT2D eigenvalue weighted by molar-refractivity contribution is 5.69. The van der Waals surface area contributed by atoms with Crippen LogP contribution in [-0.4, -0.2) is 12.1 Å². The number of hydrogen-bond donors (Lipinski definition) is 0. The van der Waals surface area contributed by atoms with E-state index in [1.807, 2.05) is 18.2 Å². The highest BCUT2D eigenvalue weighted by Gasteiger charge is 2.13. The molecule has 0 saturated heterocycles. The van der Waals surface area contributed by atoms with E-state index in [0.717, 1.165) is 25.7 Å². The fourth-order valence-electron chi connectivity index (χ4n) is 2.83. The van der Waals surface area contributed by atoms with Crippen LogP contribution < -0.4 is 0 Å². The lowest BCUT2D eigenvalue weighted by Crippen LogP contribution is -2.18.